The van der Waals surface area contributed by atoms with Crippen molar-refractivity contribution in [1.29, 1.82) is 0 Å². The standard InChI is InChI=1S/C24H30N2O5/c1-4-29-22-11-10-19(16-20(22)17-31-21-9-7-6-8-18(21)3)23(27)25-12-14-26(15-13-25)24(28)30-5-2/h6-11,16H,4-5,12-15,17H2,1-3H3. The van der Waals surface area contributed by atoms with Gasteiger partial charge < -0.3 is 24.0 Å². The van der Waals surface area contributed by atoms with Gasteiger partial charge in [-0.3, -0.25) is 4.79 Å². The lowest BCUT2D eigenvalue weighted by Gasteiger charge is -2.34. The Kier molecular flexibility index (Phi) is 7.76. The summed E-state index contributed by atoms with van der Waals surface area (Å²) in [6, 6.07) is 13.3. The van der Waals surface area contributed by atoms with E-state index in [0.29, 0.717) is 57.3 Å². The molecule has 0 N–H and O–H groups in total. The number of nitrogens with zero attached hydrogens (tertiary/aromatic N) is 2. The second-order valence-corrected chi connectivity index (χ2v) is 7.29. The summed E-state index contributed by atoms with van der Waals surface area (Å²) in [4.78, 5) is 28.3. The second kappa shape index (κ2) is 10.7. The molecule has 166 valence electrons. The van der Waals surface area contributed by atoms with Gasteiger partial charge in [-0.15, -0.1) is 0 Å². The molecule has 0 saturated carbocycles. The summed E-state index contributed by atoms with van der Waals surface area (Å²) in [5, 5.41) is 0. The highest BCUT2D eigenvalue weighted by Crippen LogP contribution is 2.25. The average Bonchev–Trinajstić information content (AvgIpc) is 2.79. The Hall–Kier alpha value is -3.22. The summed E-state index contributed by atoms with van der Waals surface area (Å²) in [6.45, 7) is 8.75. The van der Waals surface area contributed by atoms with Crippen LogP contribution in [0.5, 0.6) is 11.5 Å². The van der Waals surface area contributed by atoms with Crippen LogP contribution in [0.3, 0.4) is 0 Å². The lowest BCUT2D eigenvalue weighted by atomic mass is 10.1. The van der Waals surface area contributed by atoms with Crippen molar-refractivity contribution in [2.75, 3.05) is 39.4 Å². The molecule has 7 nitrogen and oxygen atoms in total. The summed E-state index contributed by atoms with van der Waals surface area (Å²) in [7, 11) is 0. The third kappa shape index (κ3) is 5.69. The molecule has 0 atom stereocenters. The van der Waals surface area contributed by atoms with Gasteiger partial charge in [0.05, 0.1) is 13.2 Å². The van der Waals surface area contributed by atoms with Gasteiger partial charge in [-0.05, 0) is 50.6 Å². The van der Waals surface area contributed by atoms with Crippen LogP contribution in [0.2, 0.25) is 0 Å². The maximum Gasteiger partial charge on any atom is 0.409 e. The Labute approximate surface area is 183 Å². The first kappa shape index (κ1) is 22.5. The predicted octanol–water partition coefficient (Wildman–Crippen LogP) is 3.89. The number of carbonyl (C=O) groups excluding carboxylic acids is 2. The number of carbonyl (C=O) groups is 2. The number of rotatable bonds is 7. The van der Waals surface area contributed by atoms with Crippen molar-refractivity contribution in [3.05, 3.63) is 59.2 Å². The molecule has 31 heavy (non-hydrogen) atoms. The lowest BCUT2D eigenvalue weighted by molar-refractivity contribution is 0.0570. The quantitative estimate of drug-likeness (QED) is 0.672. The molecule has 2 amide bonds. The van der Waals surface area contributed by atoms with Gasteiger partial charge in [-0.2, -0.15) is 0 Å². The number of hydrogen-bond donors (Lipinski definition) is 0. The third-order valence-electron chi connectivity index (χ3n) is 5.18. The first-order chi connectivity index (χ1) is 15.0. The number of ether oxygens (including phenoxy) is 3. The zero-order valence-corrected chi connectivity index (χ0v) is 18.4. The van der Waals surface area contributed by atoms with E-state index in [9.17, 15) is 9.59 Å². The van der Waals surface area contributed by atoms with E-state index in [1.54, 1.807) is 22.8 Å². The fourth-order valence-corrected chi connectivity index (χ4v) is 3.48. The van der Waals surface area contributed by atoms with Crippen molar-refractivity contribution >= 4 is 12.0 Å². The first-order valence-corrected chi connectivity index (χ1v) is 10.7. The number of aryl methyl sites for hydroxylation is 1. The highest BCUT2D eigenvalue weighted by Gasteiger charge is 2.26. The minimum Gasteiger partial charge on any atom is -0.493 e. The molecule has 3 rings (SSSR count). The van der Waals surface area contributed by atoms with Crippen LogP contribution in [-0.2, 0) is 11.3 Å². The van der Waals surface area contributed by atoms with Gasteiger partial charge in [0, 0.05) is 37.3 Å². The second-order valence-electron chi connectivity index (χ2n) is 7.29. The summed E-state index contributed by atoms with van der Waals surface area (Å²) < 4.78 is 16.8. The monoisotopic (exact) mass is 426 g/mol. The van der Waals surface area contributed by atoms with Crippen molar-refractivity contribution in [3.63, 3.8) is 0 Å². The van der Waals surface area contributed by atoms with Crippen LogP contribution >= 0.6 is 0 Å². The zero-order chi connectivity index (χ0) is 22.2. The van der Waals surface area contributed by atoms with E-state index in [4.69, 9.17) is 14.2 Å². The number of para-hydroxylation sites is 1. The van der Waals surface area contributed by atoms with Crippen molar-refractivity contribution in [2.24, 2.45) is 0 Å². The van der Waals surface area contributed by atoms with Crippen molar-refractivity contribution in [1.82, 2.24) is 9.80 Å². The van der Waals surface area contributed by atoms with E-state index in [2.05, 4.69) is 0 Å². The molecule has 0 bridgehead atoms. The molecule has 2 aromatic rings. The van der Waals surface area contributed by atoms with Crippen molar-refractivity contribution in [2.45, 2.75) is 27.4 Å². The largest absolute Gasteiger partial charge is 0.493 e. The van der Waals surface area contributed by atoms with Gasteiger partial charge in [-0.1, -0.05) is 18.2 Å². The van der Waals surface area contributed by atoms with E-state index in [-0.39, 0.29) is 12.0 Å². The van der Waals surface area contributed by atoms with E-state index >= 15 is 0 Å². The molecule has 1 aliphatic rings. The van der Waals surface area contributed by atoms with Gasteiger partial charge in [0.15, 0.2) is 0 Å². The Morgan fingerprint density at radius 3 is 2.26 bits per heavy atom. The Morgan fingerprint density at radius 1 is 0.871 bits per heavy atom. The number of amides is 2. The SMILES string of the molecule is CCOC(=O)N1CCN(C(=O)c2ccc(OCC)c(COc3ccccc3C)c2)CC1. The fourth-order valence-electron chi connectivity index (χ4n) is 3.48. The Balaban J connectivity index is 1.70. The normalized spacial score (nSPS) is 13.6. The molecule has 1 heterocycles. The zero-order valence-electron chi connectivity index (χ0n) is 18.4. The van der Waals surface area contributed by atoms with Gasteiger partial charge in [0.2, 0.25) is 0 Å². The minimum atomic E-state index is -0.327. The van der Waals surface area contributed by atoms with Crippen LogP contribution in [0, 0.1) is 6.92 Å². The lowest BCUT2D eigenvalue weighted by Crippen LogP contribution is -2.50. The van der Waals surface area contributed by atoms with Crippen LogP contribution in [0.1, 0.15) is 35.3 Å². The Bertz CT molecular complexity index is 907. The topological polar surface area (TPSA) is 68.3 Å². The van der Waals surface area contributed by atoms with Crippen LogP contribution in [0.15, 0.2) is 42.5 Å². The molecule has 0 aliphatic carbocycles. The summed E-state index contributed by atoms with van der Waals surface area (Å²) in [6.07, 6.45) is -0.327. The van der Waals surface area contributed by atoms with Crippen LogP contribution < -0.4 is 9.47 Å². The van der Waals surface area contributed by atoms with E-state index in [0.717, 1.165) is 16.9 Å². The number of benzene rings is 2. The molecule has 1 aliphatic heterocycles. The molecule has 0 aromatic heterocycles. The smallest absolute Gasteiger partial charge is 0.409 e. The number of piperazine rings is 1. The maximum absolute atomic E-state index is 13.1. The fraction of sp³-hybridized carbons (Fsp3) is 0.417. The maximum atomic E-state index is 13.1. The third-order valence-corrected chi connectivity index (χ3v) is 5.18. The molecule has 0 unspecified atom stereocenters. The molecule has 7 heteroatoms. The molecule has 0 spiro atoms. The predicted molar refractivity (Wildman–Crippen MR) is 118 cm³/mol. The summed E-state index contributed by atoms with van der Waals surface area (Å²) in [5.41, 5.74) is 2.45. The van der Waals surface area contributed by atoms with Crippen molar-refractivity contribution < 1.29 is 23.8 Å². The molecule has 2 aromatic carbocycles. The summed E-state index contributed by atoms with van der Waals surface area (Å²) in [5.74, 6) is 1.44. The van der Waals surface area contributed by atoms with Crippen molar-refractivity contribution in [3.8, 4) is 11.5 Å². The van der Waals surface area contributed by atoms with Crippen LogP contribution in [-0.4, -0.2) is 61.2 Å². The minimum absolute atomic E-state index is 0.0660. The highest BCUT2D eigenvalue weighted by atomic mass is 16.6. The van der Waals surface area contributed by atoms with Crippen LogP contribution in [0.4, 0.5) is 4.79 Å². The highest BCUT2D eigenvalue weighted by molar-refractivity contribution is 5.94. The molecule has 1 saturated heterocycles. The first-order valence-electron chi connectivity index (χ1n) is 10.7. The van der Waals surface area contributed by atoms with E-state index < -0.39 is 0 Å². The van der Waals surface area contributed by atoms with E-state index in [1.807, 2.05) is 50.2 Å². The average molecular weight is 427 g/mol. The van der Waals surface area contributed by atoms with Crippen LogP contribution in [0.25, 0.3) is 0 Å². The Morgan fingerprint density at radius 2 is 1.58 bits per heavy atom. The summed E-state index contributed by atoms with van der Waals surface area (Å²) >= 11 is 0. The van der Waals surface area contributed by atoms with Gasteiger partial charge in [-0.25, -0.2) is 4.79 Å². The van der Waals surface area contributed by atoms with Gasteiger partial charge >= 0.3 is 6.09 Å². The number of hydrogen-bond acceptors (Lipinski definition) is 5. The molecule has 0 radical (unpaired) electrons. The molecule has 1 fully saturated rings. The molecular formula is C24H30N2O5. The van der Waals surface area contributed by atoms with Gasteiger partial charge in [0.25, 0.3) is 5.91 Å². The van der Waals surface area contributed by atoms with E-state index in [1.165, 1.54) is 0 Å². The van der Waals surface area contributed by atoms with Gasteiger partial charge in [0.1, 0.15) is 18.1 Å². The molecular weight excluding hydrogens is 396 g/mol.